The molecule has 47 heavy (non-hydrogen) atoms. The van der Waals surface area contributed by atoms with Gasteiger partial charge in [-0.3, -0.25) is 0 Å². The quantitative estimate of drug-likeness (QED) is 0.196. The predicted molar refractivity (Wildman–Crippen MR) is 192 cm³/mol. The van der Waals surface area contributed by atoms with Crippen LogP contribution in [0.3, 0.4) is 0 Å². The van der Waals surface area contributed by atoms with Crippen LogP contribution in [0.15, 0.2) is 170 Å². The number of aromatic nitrogens is 2. The fourth-order valence-electron chi connectivity index (χ4n) is 6.21. The van der Waals surface area contributed by atoms with Crippen molar-refractivity contribution in [3.05, 3.63) is 170 Å². The Morgan fingerprint density at radius 3 is 1.74 bits per heavy atom. The standard InChI is InChI=1S/C44H28N2O/c1-3-9-29(10-4-1)30-17-21-32(22-18-30)39-28-40(46-44(45-39)35-11-5-2-6-12-35)33-23-19-31(20-24-33)36-25-26-41-38(27-36)37-15-7-13-34-14-8-16-42(47-41)43(34)37/h1-28H/i17D,18D,21D,22D. The molecule has 0 aliphatic carbocycles. The monoisotopic (exact) mass is 604 g/mol. The maximum Gasteiger partial charge on any atom is 0.160 e. The van der Waals surface area contributed by atoms with Gasteiger partial charge in [-0.25, -0.2) is 9.97 Å². The van der Waals surface area contributed by atoms with Gasteiger partial charge in [0.1, 0.15) is 11.5 Å². The van der Waals surface area contributed by atoms with Crippen molar-refractivity contribution in [2.24, 2.45) is 0 Å². The number of hydrogen-bond donors (Lipinski definition) is 0. The number of nitrogens with zero attached hydrogens (tertiary/aromatic N) is 2. The third kappa shape index (κ3) is 4.95. The molecule has 0 fully saturated rings. The van der Waals surface area contributed by atoms with E-state index in [9.17, 15) is 0 Å². The van der Waals surface area contributed by atoms with Crippen LogP contribution >= 0.6 is 0 Å². The Morgan fingerprint density at radius 1 is 0.404 bits per heavy atom. The summed E-state index contributed by atoms with van der Waals surface area (Å²) in [4.78, 5) is 9.74. The van der Waals surface area contributed by atoms with Crippen molar-refractivity contribution in [2.45, 2.75) is 0 Å². The van der Waals surface area contributed by atoms with Crippen LogP contribution in [0, 0.1) is 0 Å². The number of rotatable bonds is 5. The highest BCUT2D eigenvalue weighted by molar-refractivity contribution is 6.04. The Labute approximate surface area is 279 Å². The van der Waals surface area contributed by atoms with Crippen molar-refractivity contribution in [3.8, 4) is 78.8 Å². The van der Waals surface area contributed by atoms with Gasteiger partial charge in [0.05, 0.1) is 16.9 Å². The van der Waals surface area contributed by atoms with E-state index < -0.39 is 0 Å². The predicted octanol–water partition coefficient (Wildman–Crippen LogP) is 11.7. The van der Waals surface area contributed by atoms with E-state index >= 15 is 0 Å². The van der Waals surface area contributed by atoms with Gasteiger partial charge < -0.3 is 4.74 Å². The summed E-state index contributed by atoms with van der Waals surface area (Å²) in [5, 5.41) is 2.26. The molecule has 1 aromatic heterocycles. The molecule has 2 heterocycles. The molecule has 0 saturated carbocycles. The minimum Gasteiger partial charge on any atom is -0.456 e. The highest BCUT2D eigenvalue weighted by Gasteiger charge is 2.20. The van der Waals surface area contributed by atoms with E-state index in [0.717, 1.165) is 55.7 Å². The Hall–Kier alpha value is -6.32. The lowest BCUT2D eigenvalue weighted by Gasteiger charge is -2.22. The molecule has 8 aromatic rings. The van der Waals surface area contributed by atoms with E-state index in [1.54, 1.807) is 18.2 Å². The fourth-order valence-corrected chi connectivity index (χ4v) is 6.21. The van der Waals surface area contributed by atoms with Crippen LogP contribution in [0.2, 0.25) is 0 Å². The van der Waals surface area contributed by atoms with E-state index in [-0.39, 0.29) is 35.3 Å². The third-order valence-corrected chi connectivity index (χ3v) is 8.57. The summed E-state index contributed by atoms with van der Waals surface area (Å²) in [6.07, 6.45) is 0. The number of hydrogen-bond acceptors (Lipinski definition) is 3. The van der Waals surface area contributed by atoms with Crippen LogP contribution in [0.4, 0.5) is 0 Å². The summed E-state index contributed by atoms with van der Waals surface area (Å²) >= 11 is 0. The molecule has 9 rings (SSSR count). The van der Waals surface area contributed by atoms with Gasteiger partial charge in [0, 0.05) is 27.6 Å². The highest BCUT2D eigenvalue weighted by Crippen LogP contribution is 2.47. The molecule has 0 bridgehead atoms. The van der Waals surface area contributed by atoms with Crippen molar-refractivity contribution >= 4 is 10.8 Å². The van der Waals surface area contributed by atoms with Crippen LogP contribution in [-0.2, 0) is 0 Å². The first kappa shape index (κ1) is 23.1. The van der Waals surface area contributed by atoms with Gasteiger partial charge in [-0.05, 0) is 57.5 Å². The minimum atomic E-state index is -0.149. The van der Waals surface area contributed by atoms with Crippen molar-refractivity contribution in [3.63, 3.8) is 0 Å². The maximum atomic E-state index is 9.02. The Morgan fingerprint density at radius 2 is 1.00 bits per heavy atom. The summed E-state index contributed by atoms with van der Waals surface area (Å²) in [7, 11) is 0. The van der Waals surface area contributed by atoms with Gasteiger partial charge in [0.15, 0.2) is 5.82 Å². The first-order valence-corrected chi connectivity index (χ1v) is 15.5. The molecule has 220 valence electrons. The Kier molecular flexibility index (Phi) is 5.52. The van der Waals surface area contributed by atoms with E-state index in [1.807, 2.05) is 78.9 Å². The average molecular weight is 605 g/mol. The van der Waals surface area contributed by atoms with Crippen molar-refractivity contribution in [2.75, 3.05) is 0 Å². The van der Waals surface area contributed by atoms with E-state index in [0.29, 0.717) is 22.8 Å². The molecule has 0 saturated heterocycles. The lowest BCUT2D eigenvalue weighted by Crippen LogP contribution is -1.97. The molecular weight excluding hydrogens is 572 g/mol. The van der Waals surface area contributed by atoms with Gasteiger partial charge in [0.25, 0.3) is 0 Å². The zero-order chi connectivity index (χ0) is 34.6. The molecule has 0 unspecified atom stereocenters. The molecule has 0 amide bonds. The van der Waals surface area contributed by atoms with Crippen molar-refractivity contribution in [1.29, 1.82) is 0 Å². The fraction of sp³-hybridized carbons (Fsp3) is 0. The second-order valence-electron chi connectivity index (χ2n) is 11.5. The molecule has 3 heteroatoms. The number of ether oxygens (including phenoxy) is 1. The molecule has 0 N–H and O–H groups in total. The van der Waals surface area contributed by atoms with Crippen LogP contribution in [0.5, 0.6) is 11.5 Å². The zero-order valence-electron chi connectivity index (χ0n) is 29.2. The Bertz CT molecular complexity index is 2610. The van der Waals surface area contributed by atoms with Crippen LogP contribution in [0.25, 0.3) is 78.1 Å². The zero-order valence-corrected chi connectivity index (χ0v) is 25.2. The van der Waals surface area contributed by atoms with Gasteiger partial charge in [-0.15, -0.1) is 0 Å². The number of benzene rings is 7. The second-order valence-corrected chi connectivity index (χ2v) is 11.5. The minimum absolute atomic E-state index is 0.113. The smallest absolute Gasteiger partial charge is 0.160 e. The Balaban J connectivity index is 1.14. The summed E-state index contributed by atoms with van der Waals surface area (Å²) in [5.74, 6) is 2.13. The largest absolute Gasteiger partial charge is 0.456 e. The van der Waals surface area contributed by atoms with Crippen LogP contribution < -0.4 is 4.74 Å². The third-order valence-electron chi connectivity index (χ3n) is 8.57. The average Bonchev–Trinajstić information content (AvgIpc) is 3.18. The van der Waals surface area contributed by atoms with Gasteiger partial charge in [-0.1, -0.05) is 145 Å². The molecule has 0 spiro atoms. The van der Waals surface area contributed by atoms with Crippen molar-refractivity contribution in [1.82, 2.24) is 9.97 Å². The molecule has 0 radical (unpaired) electrons. The topological polar surface area (TPSA) is 35.0 Å². The van der Waals surface area contributed by atoms with Gasteiger partial charge in [-0.2, -0.15) is 0 Å². The second kappa shape index (κ2) is 11.2. The first-order valence-electron chi connectivity index (χ1n) is 17.5. The van der Waals surface area contributed by atoms with Crippen LogP contribution in [0.1, 0.15) is 5.48 Å². The normalized spacial score (nSPS) is 12.8. The number of fused-ring (bicyclic) bond motifs is 2. The van der Waals surface area contributed by atoms with E-state index in [4.69, 9.17) is 20.2 Å². The molecule has 1 aliphatic rings. The lowest BCUT2D eigenvalue weighted by molar-refractivity contribution is 0.487. The maximum absolute atomic E-state index is 9.02. The summed E-state index contributed by atoms with van der Waals surface area (Å²) < 4.78 is 42.1. The summed E-state index contributed by atoms with van der Waals surface area (Å²) in [6.45, 7) is 0. The highest BCUT2D eigenvalue weighted by atomic mass is 16.5. The molecule has 0 atom stereocenters. The van der Waals surface area contributed by atoms with E-state index in [1.165, 1.54) is 0 Å². The SMILES string of the molecule is [2H]c1c([2H])c(-c2cc(-c3ccc(-c4ccc5c(c4)-c4cccc6cccc(c46)O5)cc3)nc(-c3ccccc3)n2)c([2H])c([2H])c1-c1ccccc1. The van der Waals surface area contributed by atoms with Crippen molar-refractivity contribution < 1.29 is 10.2 Å². The van der Waals surface area contributed by atoms with Gasteiger partial charge in [0.2, 0.25) is 0 Å². The van der Waals surface area contributed by atoms with E-state index in [2.05, 4.69) is 48.5 Å². The first-order chi connectivity index (χ1) is 24.9. The summed E-state index contributed by atoms with van der Waals surface area (Å²) in [6, 6.07) is 46.8. The molecule has 1 aliphatic heterocycles. The lowest BCUT2D eigenvalue weighted by atomic mass is 9.92. The molecule has 7 aromatic carbocycles. The summed E-state index contributed by atoms with van der Waals surface area (Å²) in [5.41, 5.74) is 7.84. The molecular formula is C44H28N2O. The van der Waals surface area contributed by atoms with Crippen LogP contribution in [-0.4, -0.2) is 9.97 Å². The van der Waals surface area contributed by atoms with Gasteiger partial charge >= 0.3 is 0 Å². The molecule has 3 nitrogen and oxygen atoms in total.